The predicted octanol–water partition coefficient (Wildman–Crippen LogP) is 2.32. The third kappa shape index (κ3) is 2.90. The molecule has 0 aliphatic heterocycles. The molecule has 1 heterocycles. The molecular weight excluding hydrogens is 251 g/mol. The Kier molecular flexibility index (Phi) is 3.79. The highest BCUT2D eigenvalue weighted by atomic mass is 19.1. The molecule has 0 amide bonds. The van der Waals surface area contributed by atoms with Crippen molar-refractivity contribution >= 4 is 5.97 Å². The minimum absolute atomic E-state index is 0.0267. The number of aryl methyl sites for hydroxylation is 1. The third-order valence-electron chi connectivity index (χ3n) is 2.65. The van der Waals surface area contributed by atoms with Gasteiger partial charge in [-0.05, 0) is 19.1 Å². The first kappa shape index (κ1) is 13.1. The van der Waals surface area contributed by atoms with Gasteiger partial charge in [0, 0.05) is 12.6 Å². The SMILES string of the molecule is CCn1ncc(C(=O)O)c1COc1cccc(F)c1. The summed E-state index contributed by atoms with van der Waals surface area (Å²) in [6, 6.07) is 5.69. The summed E-state index contributed by atoms with van der Waals surface area (Å²) in [6.07, 6.45) is 1.29. The number of benzene rings is 1. The monoisotopic (exact) mass is 264 g/mol. The lowest BCUT2D eigenvalue weighted by Gasteiger charge is -2.09. The van der Waals surface area contributed by atoms with Crippen LogP contribution in [0.25, 0.3) is 0 Å². The quantitative estimate of drug-likeness (QED) is 0.900. The van der Waals surface area contributed by atoms with Gasteiger partial charge in [-0.1, -0.05) is 6.07 Å². The number of aromatic carboxylic acids is 1. The van der Waals surface area contributed by atoms with Gasteiger partial charge in [-0.3, -0.25) is 4.68 Å². The molecule has 2 aromatic rings. The summed E-state index contributed by atoms with van der Waals surface area (Å²) in [5.74, 6) is -1.11. The van der Waals surface area contributed by atoms with E-state index in [1.165, 1.54) is 24.4 Å². The Morgan fingerprint density at radius 2 is 2.32 bits per heavy atom. The highest BCUT2D eigenvalue weighted by molar-refractivity contribution is 5.88. The molecule has 0 bridgehead atoms. The second-order valence-corrected chi connectivity index (χ2v) is 3.87. The van der Waals surface area contributed by atoms with Crippen LogP contribution in [-0.4, -0.2) is 20.9 Å². The Morgan fingerprint density at radius 3 is 2.95 bits per heavy atom. The number of ether oxygens (including phenoxy) is 1. The first-order valence-corrected chi connectivity index (χ1v) is 5.78. The molecule has 0 spiro atoms. The molecule has 5 nitrogen and oxygen atoms in total. The second kappa shape index (κ2) is 5.51. The van der Waals surface area contributed by atoms with Crippen molar-refractivity contribution in [3.05, 3.63) is 47.5 Å². The summed E-state index contributed by atoms with van der Waals surface area (Å²) >= 11 is 0. The van der Waals surface area contributed by atoms with Gasteiger partial charge in [0.2, 0.25) is 0 Å². The standard InChI is InChI=1S/C13H13FN2O3/c1-2-16-12(11(7-15-16)13(17)18)8-19-10-5-3-4-9(14)6-10/h3-7H,2,8H2,1H3,(H,17,18). The number of nitrogens with zero attached hydrogens (tertiary/aromatic N) is 2. The van der Waals surface area contributed by atoms with Crippen molar-refractivity contribution in [3.8, 4) is 5.75 Å². The molecule has 0 aliphatic carbocycles. The number of carbonyl (C=O) groups is 1. The van der Waals surface area contributed by atoms with Crippen LogP contribution in [0.3, 0.4) is 0 Å². The van der Waals surface area contributed by atoms with E-state index in [1.807, 2.05) is 6.92 Å². The Balaban J connectivity index is 2.19. The van der Waals surface area contributed by atoms with Crippen molar-refractivity contribution in [1.82, 2.24) is 9.78 Å². The predicted molar refractivity (Wildman–Crippen MR) is 65.6 cm³/mol. The second-order valence-electron chi connectivity index (χ2n) is 3.87. The fourth-order valence-corrected chi connectivity index (χ4v) is 1.72. The van der Waals surface area contributed by atoms with Crippen LogP contribution in [-0.2, 0) is 13.2 Å². The zero-order valence-corrected chi connectivity index (χ0v) is 10.3. The van der Waals surface area contributed by atoms with Gasteiger partial charge in [-0.2, -0.15) is 5.10 Å². The maximum atomic E-state index is 13.0. The van der Waals surface area contributed by atoms with E-state index in [2.05, 4.69) is 5.10 Å². The molecule has 0 aliphatic rings. The summed E-state index contributed by atoms with van der Waals surface area (Å²) in [5.41, 5.74) is 0.553. The summed E-state index contributed by atoms with van der Waals surface area (Å²) in [4.78, 5) is 11.0. The molecule has 19 heavy (non-hydrogen) atoms. The summed E-state index contributed by atoms with van der Waals surface area (Å²) in [6.45, 7) is 2.42. The number of carboxylic acids is 1. The first-order valence-electron chi connectivity index (χ1n) is 5.78. The van der Waals surface area contributed by atoms with Crippen LogP contribution < -0.4 is 4.74 Å². The van der Waals surface area contributed by atoms with Crippen molar-refractivity contribution in [2.24, 2.45) is 0 Å². The van der Waals surface area contributed by atoms with Gasteiger partial charge >= 0.3 is 5.97 Å². The highest BCUT2D eigenvalue weighted by Gasteiger charge is 2.16. The lowest BCUT2D eigenvalue weighted by Crippen LogP contribution is -2.10. The molecule has 0 saturated carbocycles. The number of rotatable bonds is 5. The molecule has 0 unspecified atom stereocenters. The number of halogens is 1. The van der Waals surface area contributed by atoms with E-state index in [-0.39, 0.29) is 12.2 Å². The van der Waals surface area contributed by atoms with E-state index in [1.54, 1.807) is 10.7 Å². The maximum absolute atomic E-state index is 13.0. The van der Waals surface area contributed by atoms with Gasteiger partial charge in [0.25, 0.3) is 0 Å². The number of hydrogen-bond acceptors (Lipinski definition) is 3. The Labute approximate surface area is 109 Å². The van der Waals surface area contributed by atoms with Gasteiger partial charge in [0.1, 0.15) is 23.7 Å². The van der Waals surface area contributed by atoms with Gasteiger partial charge < -0.3 is 9.84 Å². The molecule has 1 N–H and O–H groups in total. The Morgan fingerprint density at radius 1 is 1.53 bits per heavy atom. The fourth-order valence-electron chi connectivity index (χ4n) is 1.72. The minimum atomic E-state index is -1.06. The highest BCUT2D eigenvalue weighted by Crippen LogP contribution is 2.16. The average Bonchev–Trinajstić information content (AvgIpc) is 2.79. The van der Waals surface area contributed by atoms with Gasteiger partial charge in [0.05, 0.1) is 11.9 Å². The van der Waals surface area contributed by atoms with Gasteiger partial charge in [0.15, 0.2) is 0 Å². The van der Waals surface area contributed by atoms with E-state index in [9.17, 15) is 9.18 Å². The van der Waals surface area contributed by atoms with Crippen LogP contribution in [0.2, 0.25) is 0 Å². The van der Waals surface area contributed by atoms with E-state index in [0.29, 0.717) is 18.0 Å². The molecule has 0 radical (unpaired) electrons. The average molecular weight is 264 g/mol. The van der Waals surface area contributed by atoms with Crippen molar-refractivity contribution in [1.29, 1.82) is 0 Å². The summed E-state index contributed by atoms with van der Waals surface area (Å²) in [5, 5.41) is 13.0. The number of hydrogen-bond donors (Lipinski definition) is 1. The Hall–Kier alpha value is -2.37. The zero-order chi connectivity index (χ0) is 13.8. The zero-order valence-electron chi connectivity index (χ0n) is 10.3. The lowest BCUT2D eigenvalue weighted by atomic mass is 10.2. The van der Waals surface area contributed by atoms with Gasteiger partial charge in [-0.15, -0.1) is 0 Å². The Bertz CT molecular complexity index is 595. The van der Waals surface area contributed by atoms with Crippen LogP contribution in [0.1, 0.15) is 23.0 Å². The van der Waals surface area contributed by atoms with E-state index >= 15 is 0 Å². The van der Waals surface area contributed by atoms with Gasteiger partial charge in [-0.25, -0.2) is 9.18 Å². The molecule has 6 heteroatoms. The molecule has 0 fully saturated rings. The molecule has 100 valence electrons. The number of carboxylic acid groups (broad SMARTS) is 1. The first-order chi connectivity index (χ1) is 9.11. The van der Waals surface area contributed by atoms with Crippen molar-refractivity contribution in [3.63, 3.8) is 0 Å². The van der Waals surface area contributed by atoms with E-state index in [4.69, 9.17) is 9.84 Å². The number of aromatic nitrogens is 2. The molecule has 0 saturated heterocycles. The van der Waals surface area contributed by atoms with Crippen molar-refractivity contribution < 1.29 is 19.0 Å². The van der Waals surface area contributed by atoms with Crippen LogP contribution in [0.4, 0.5) is 4.39 Å². The molecule has 1 aromatic heterocycles. The molecule has 0 atom stereocenters. The minimum Gasteiger partial charge on any atom is -0.487 e. The summed E-state index contributed by atoms with van der Waals surface area (Å²) in [7, 11) is 0. The largest absolute Gasteiger partial charge is 0.487 e. The van der Waals surface area contributed by atoms with E-state index in [0.717, 1.165) is 0 Å². The molecule has 1 aromatic carbocycles. The maximum Gasteiger partial charge on any atom is 0.339 e. The van der Waals surface area contributed by atoms with Crippen LogP contribution in [0.5, 0.6) is 5.75 Å². The normalized spacial score (nSPS) is 10.4. The van der Waals surface area contributed by atoms with E-state index < -0.39 is 11.8 Å². The van der Waals surface area contributed by atoms with Crippen molar-refractivity contribution in [2.75, 3.05) is 0 Å². The lowest BCUT2D eigenvalue weighted by molar-refractivity contribution is 0.0693. The molecular formula is C13H13FN2O3. The summed E-state index contributed by atoms with van der Waals surface area (Å²) < 4.78 is 19.9. The van der Waals surface area contributed by atoms with Crippen LogP contribution in [0, 0.1) is 5.82 Å². The topological polar surface area (TPSA) is 64.4 Å². The molecule has 2 rings (SSSR count). The van der Waals surface area contributed by atoms with Crippen LogP contribution >= 0.6 is 0 Å². The van der Waals surface area contributed by atoms with Crippen LogP contribution in [0.15, 0.2) is 30.5 Å². The fraction of sp³-hybridized carbons (Fsp3) is 0.231. The van der Waals surface area contributed by atoms with Crippen molar-refractivity contribution in [2.45, 2.75) is 20.1 Å². The smallest absolute Gasteiger partial charge is 0.339 e. The third-order valence-corrected chi connectivity index (χ3v) is 2.65.